The Morgan fingerprint density at radius 1 is 1.33 bits per heavy atom. The highest BCUT2D eigenvalue weighted by atomic mass is 32.2. The van der Waals surface area contributed by atoms with E-state index in [1.54, 1.807) is 25.1 Å². The Hall–Kier alpha value is -1.36. The molecule has 0 spiro atoms. The number of benzene rings is 1. The van der Waals surface area contributed by atoms with Gasteiger partial charge in [-0.15, -0.1) is 0 Å². The number of hydrogen-bond acceptors (Lipinski definition) is 4. The highest BCUT2D eigenvalue weighted by Gasteiger charge is 2.20. The molecule has 1 rings (SSSR count). The molecule has 0 aliphatic heterocycles. The summed E-state index contributed by atoms with van der Waals surface area (Å²) in [7, 11) is -3.95. The topological polar surface area (TPSA) is 60.4 Å². The summed E-state index contributed by atoms with van der Waals surface area (Å²) in [4.78, 5) is 10.9. The Labute approximate surface area is 89.0 Å². The lowest BCUT2D eigenvalue weighted by Gasteiger charge is -2.06. The monoisotopic (exact) mass is 228 g/mol. The molecule has 0 heterocycles. The maximum absolute atomic E-state index is 11.6. The maximum Gasteiger partial charge on any atom is 0.341 e. The molecule has 4 nitrogen and oxygen atoms in total. The van der Waals surface area contributed by atoms with Gasteiger partial charge in [0.1, 0.15) is 4.90 Å². The number of hydrogen-bond donors (Lipinski definition) is 0. The molecular weight excluding hydrogens is 216 g/mol. The van der Waals surface area contributed by atoms with Crippen molar-refractivity contribution in [1.82, 2.24) is 0 Å². The molecule has 0 atom stereocenters. The average Bonchev–Trinajstić information content (AvgIpc) is 2.17. The van der Waals surface area contributed by atoms with Gasteiger partial charge < -0.3 is 4.18 Å². The number of aryl methyl sites for hydroxylation is 1. The summed E-state index contributed by atoms with van der Waals surface area (Å²) in [5.41, 5.74) is 0.557. The van der Waals surface area contributed by atoms with Crippen LogP contribution in [-0.2, 0) is 19.1 Å². The second kappa shape index (κ2) is 4.44. The molecule has 0 aliphatic carbocycles. The lowest BCUT2D eigenvalue weighted by Crippen LogP contribution is -2.13. The van der Waals surface area contributed by atoms with E-state index < -0.39 is 16.1 Å². The summed E-state index contributed by atoms with van der Waals surface area (Å²) in [6.45, 7) is 3.18. The molecular formula is C10H12O4S. The second-order valence-corrected chi connectivity index (χ2v) is 4.54. The minimum Gasteiger partial charge on any atom is -0.342 e. The van der Waals surface area contributed by atoms with E-state index in [2.05, 4.69) is 4.18 Å². The fourth-order valence-corrected chi connectivity index (χ4v) is 2.22. The van der Waals surface area contributed by atoms with Crippen LogP contribution in [-0.4, -0.2) is 14.4 Å². The van der Waals surface area contributed by atoms with Crippen molar-refractivity contribution in [2.24, 2.45) is 0 Å². The minimum atomic E-state index is -3.95. The van der Waals surface area contributed by atoms with Gasteiger partial charge in [0, 0.05) is 6.42 Å². The normalized spacial score (nSPS) is 11.1. The first-order chi connectivity index (χ1) is 6.97. The van der Waals surface area contributed by atoms with Gasteiger partial charge in [-0.3, -0.25) is 4.79 Å². The molecule has 0 saturated heterocycles. The van der Waals surface area contributed by atoms with Gasteiger partial charge in [-0.05, 0) is 18.6 Å². The molecule has 1 aromatic rings. The van der Waals surface area contributed by atoms with Gasteiger partial charge in [-0.25, -0.2) is 0 Å². The first-order valence-electron chi connectivity index (χ1n) is 4.50. The van der Waals surface area contributed by atoms with Crippen LogP contribution in [0.3, 0.4) is 0 Å². The van der Waals surface area contributed by atoms with Crippen LogP contribution in [0.1, 0.15) is 18.9 Å². The van der Waals surface area contributed by atoms with Crippen molar-refractivity contribution >= 4 is 16.1 Å². The molecule has 5 heteroatoms. The van der Waals surface area contributed by atoms with Crippen LogP contribution in [0.4, 0.5) is 0 Å². The molecule has 0 aromatic heterocycles. The van der Waals surface area contributed by atoms with E-state index in [1.165, 1.54) is 13.0 Å². The zero-order valence-corrected chi connectivity index (χ0v) is 9.37. The van der Waals surface area contributed by atoms with E-state index in [4.69, 9.17) is 0 Å². The fourth-order valence-electron chi connectivity index (χ4n) is 1.06. The molecule has 0 radical (unpaired) electrons. The van der Waals surface area contributed by atoms with Gasteiger partial charge in [0.2, 0.25) is 0 Å². The predicted octanol–water partition coefficient (Wildman–Crippen LogP) is 1.64. The van der Waals surface area contributed by atoms with Crippen molar-refractivity contribution in [2.75, 3.05) is 0 Å². The first kappa shape index (κ1) is 11.7. The fraction of sp³-hybridized carbons (Fsp3) is 0.300. The van der Waals surface area contributed by atoms with E-state index in [1.807, 2.05) is 0 Å². The van der Waals surface area contributed by atoms with Crippen LogP contribution >= 0.6 is 0 Å². The molecule has 15 heavy (non-hydrogen) atoms. The van der Waals surface area contributed by atoms with Gasteiger partial charge >= 0.3 is 16.1 Å². The summed E-state index contributed by atoms with van der Waals surface area (Å²) in [5, 5.41) is 0. The van der Waals surface area contributed by atoms with Gasteiger partial charge in [-0.2, -0.15) is 8.42 Å². The van der Waals surface area contributed by atoms with Gasteiger partial charge in [0.15, 0.2) is 0 Å². The maximum atomic E-state index is 11.6. The summed E-state index contributed by atoms with van der Waals surface area (Å²) in [5.74, 6) is -0.752. The van der Waals surface area contributed by atoms with Gasteiger partial charge in [0.25, 0.3) is 0 Å². The summed E-state index contributed by atoms with van der Waals surface area (Å²) in [6, 6.07) is 6.36. The Morgan fingerprint density at radius 2 is 1.93 bits per heavy atom. The van der Waals surface area contributed by atoms with Gasteiger partial charge in [-0.1, -0.05) is 25.1 Å². The zero-order valence-electron chi connectivity index (χ0n) is 8.56. The third-order valence-electron chi connectivity index (χ3n) is 1.85. The lowest BCUT2D eigenvalue weighted by molar-refractivity contribution is -0.133. The van der Waals surface area contributed by atoms with Crippen molar-refractivity contribution in [3.05, 3.63) is 29.8 Å². The van der Waals surface area contributed by atoms with Crippen LogP contribution in [0.25, 0.3) is 0 Å². The highest BCUT2D eigenvalue weighted by Crippen LogP contribution is 2.17. The van der Waals surface area contributed by atoms with Crippen molar-refractivity contribution in [3.8, 4) is 0 Å². The van der Waals surface area contributed by atoms with E-state index in [9.17, 15) is 13.2 Å². The number of carbonyl (C=O) groups excluding carboxylic acids is 1. The lowest BCUT2D eigenvalue weighted by atomic mass is 10.2. The van der Waals surface area contributed by atoms with Crippen LogP contribution in [0, 0.1) is 6.92 Å². The largest absolute Gasteiger partial charge is 0.342 e. The summed E-state index contributed by atoms with van der Waals surface area (Å²) in [6.07, 6.45) is 0.0328. The summed E-state index contributed by atoms with van der Waals surface area (Å²) < 4.78 is 27.5. The van der Waals surface area contributed by atoms with Gasteiger partial charge in [0.05, 0.1) is 0 Å². The Bertz CT molecular complexity index is 462. The number of carbonyl (C=O) groups is 1. The molecule has 0 bridgehead atoms. The first-order valence-corrected chi connectivity index (χ1v) is 5.91. The standard InChI is InChI=1S/C10H12O4S/c1-3-10(11)14-15(12,13)9-7-5-4-6-8(9)2/h4-7H,3H2,1-2H3. The molecule has 82 valence electrons. The molecule has 0 N–H and O–H groups in total. The number of rotatable bonds is 3. The van der Waals surface area contributed by atoms with E-state index >= 15 is 0 Å². The molecule has 0 saturated carbocycles. The quantitative estimate of drug-likeness (QED) is 0.738. The Balaban J connectivity index is 3.07. The molecule has 0 fully saturated rings. The van der Waals surface area contributed by atoms with Crippen LogP contribution < -0.4 is 0 Å². The minimum absolute atomic E-state index is 0.0328. The Morgan fingerprint density at radius 3 is 2.47 bits per heavy atom. The second-order valence-electron chi connectivity index (χ2n) is 3.03. The molecule has 1 aromatic carbocycles. The molecule has 0 aliphatic rings. The third-order valence-corrected chi connectivity index (χ3v) is 3.26. The average molecular weight is 228 g/mol. The molecule has 0 unspecified atom stereocenters. The van der Waals surface area contributed by atoms with Crippen LogP contribution in [0.2, 0.25) is 0 Å². The van der Waals surface area contributed by atoms with Crippen molar-refractivity contribution < 1.29 is 17.4 Å². The predicted molar refractivity (Wildman–Crippen MR) is 54.7 cm³/mol. The van der Waals surface area contributed by atoms with Crippen LogP contribution in [0.5, 0.6) is 0 Å². The SMILES string of the molecule is CCC(=O)OS(=O)(=O)c1ccccc1C. The van der Waals surface area contributed by atoms with Crippen molar-refractivity contribution in [2.45, 2.75) is 25.2 Å². The van der Waals surface area contributed by atoms with Crippen LogP contribution in [0.15, 0.2) is 29.2 Å². The zero-order chi connectivity index (χ0) is 11.5. The smallest absolute Gasteiger partial charge is 0.341 e. The van der Waals surface area contributed by atoms with Crippen molar-refractivity contribution in [1.29, 1.82) is 0 Å². The van der Waals surface area contributed by atoms with E-state index in [-0.39, 0.29) is 11.3 Å². The third kappa shape index (κ3) is 2.79. The summed E-state index contributed by atoms with van der Waals surface area (Å²) >= 11 is 0. The van der Waals surface area contributed by atoms with E-state index in [0.29, 0.717) is 5.56 Å². The highest BCUT2D eigenvalue weighted by molar-refractivity contribution is 7.87. The molecule has 0 amide bonds. The Kier molecular flexibility index (Phi) is 3.47. The van der Waals surface area contributed by atoms with E-state index in [0.717, 1.165) is 0 Å². The van der Waals surface area contributed by atoms with Crippen molar-refractivity contribution in [3.63, 3.8) is 0 Å².